The van der Waals surface area contributed by atoms with E-state index in [4.69, 9.17) is 0 Å². The standard InChI is InChI=1S/C25H29NO2S/c1-17(7-13-22-18(2)6-5-15-25(22,3)4)16-21-12-14-23(29-21)24(28)26-19-8-10-20(27)11-9-19/h7-14,16,27H,5-6,15H2,1-4H3,(H,26,28)/b13-7+,17-16+. The summed E-state index contributed by atoms with van der Waals surface area (Å²) >= 11 is 1.47. The largest absolute Gasteiger partial charge is 0.508 e. The monoisotopic (exact) mass is 407 g/mol. The second-order valence-corrected chi connectivity index (χ2v) is 9.47. The van der Waals surface area contributed by atoms with E-state index in [0.717, 1.165) is 4.88 Å². The van der Waals surface area contributed by atoms with Crippen LogP contribution in [0.5, 0.6) is 5.75 Å². The number of carbonyl (C=O) groups excluding carboxylic acids is 1. The van der Waals surface area contributed by atoms with Crippen LogP contribution >= 0.6 is 11.3 Å². The molecule has 4 heteroatoms. The van der Waals surface area contributed by atoms with Gasteiger partial charge in [-0.05, 0) is 92.1 Å². The number of phenols is 1. The van der Waals surface area contributed by atoms with Gasteiger partial charge in [-0.1, -0.05) is 31.6 Å². The van der Waals surface area contributed by atoms with Gasteiger partial charge in [0, 0.05) is 10.6 Å². The molecule has 0 fully saturated rings. The Balaban J connectivity index is 1.69. The number of hydrogen-bond donors (Lipinski definition) is 2. The molecule has 1 heterocycles. The average Bonchev–Trinajstić information content (AvgIpc) is 3.11. The molecule has 0 spiro atoms. The fourth-order valence-electron chi connectivity index (χ4n) is 3.79. The van der Waals surface area contributed by atoms with E-state index in [2.05, 4.69) is 51.2 Å². The minimum atomic E-state index is -0.140. The highest BCUT2D eigenvalue weighted by Crippen LogP contribution is 2.40. The summed E-state index contributed by atoms with van der Waals surface area (Å²) in [5, 5.41) is 12.2. The Kier molecular flexibility index (Phi) is 6.43. The van der Waals surface area contributed by atoms with Crippen molar-refractivity contribution in [3.63, 3.8) is 0 Å². The van der Waals surface area contributed by atoms with Crippen molar-refractivity contribution in [1.82, 2.24) is 0 Å². The molecule has 3 rings (SSSR count). The topological polar surface area (TPSA) is 49.3 Å². The molecule has 2 aromatic rings. The van der Waals surface area contributed by atoms with E-state index in [0.29, 0.717) is 10.6 Å². The summed E-state index contributed by atoms with van der Waals surface area (Å²) in [5.41, 5.74) is 5.02. The van der Waals surface area contributed by atoms with Crippen molar-refractivity contribution in [3.8, 4) is 5.75 Å². The molecule has 1 amide bonds. The lowest BCUT2D eigenvalue weighted by Crippen LogP contribution is -2.19. The van der Waals surface area contributed by atoms with Crippen molar-refractivity contribution in [2.75, 3.05) is 5.32 Å². The van der Waals surface area contributed by atoms with Crippen molar-refractivity contribution in [3.05, 3.63) is 75.0 Å². The molecule has 0 saturated carbocycles. The maximum Gasteiger partial charge on any atom is 0.265 e. The third-order valence-corrected chi connectivity index (χ3v) is 6.43. The summed E-state index contributed by atoms with van der Waals surface area (Å²) in [4.78, 5) is 14.1. The number of phenolic OH excluding ortho intramolecular Hbond substituents is 1. The number of benzene rings is 1. The zero-order valence-corrected chi connectivity index (χ0v) is 18.4. The maximum absolute atomic E-state index is 12.4. The Labute approximate surface area is 177 Å². The molecule has 0 saturated heterocycles. The highest BCUT2D eigenvalue weighted by molar-refractivity contribution is 7.15. The number of carbonyl (C=O) groups is 1. The van der Waals surface area contributed by atoms with Gasteiger partial charge in [-0.3, -0.25) is 4.79 Å². The number of amides is 1. The third kappa shape index (κ3) is 5.48. The van der Waals surface area contributed by atoms with E-state index in [-0.39, 0.29) is 17.1 Å². The highest BCUT2D eigenvalue weighted by atomic mass is 32.1. The van der Waals surface area contributed by atoms with Gasteiger partial charge in [-0.15, -0.1) is 11.3 Å². The molecule has 0 atom stereocenters. The van der Waals surface area contributed by atoms with Crippen LogP contribution < -0.4 is 5.32 Å². The Morgan fingerprint density at radius 3 is 2.59 bits per heavy atom. The molecule has 152 valence electrons. The minimum absolute atomic E-state index is 0.140. The van der Waals surface area contributed by atoms with Crippen LogP contribution in [-0.4, -0.2) is 11.0 Å². The summed E-state index contributed by atoms with van der Waals surface area (Å²) in [6.07, 6.45) is 10.3. The summed E-state index contributed by atoms with van der Waals surface area (Å²) in [5.74, 6) is 0.0379. The van der Waals surface area contributed by atoms with Gasteiger partial charge in [0.2, 0.25) is 0 Å². The molecule has 0 bridgehead atoms. The summed E-state index contributed by atoms with van der Waals surface area (Å²) < 4.78 is 0. The number of thiophene rings is 1. The molecular formula is C25H29NO2S. The summed E-state index contributed by atoms with van der Waals surface area (Å²) in [6, 6.07) is 10.3. The third-order valence-electron chi connectivity index (χ3n) is 5.40. The molecule has 1 aromatic carbocycles. The van der Waals surface area contributed by atoms with E-state index in [9.17, 15) is 9.90 Å². The van der Waals surface area contributed by atoms with Crippen LogP contribution in [0.4, 0.5) is 5.69 Å². The lowest BCUT2D eigenvalue weighted by Gasteiger charge is -2.32. The molecule has 1 aliphatic carbocycles. The van der Waals surface area contributed by atoms with E-state index >= 15 is 0 Å². The first-order valence-electron chi connectivity index (χ1n) is 10.0. The summed E-state index contributed by atoms with van der Waals surface area (Å²) in [7, 11) is 0. The predicted octanol–water partition coefficient (Wildman–Crippen LogP) is 7.19. The second-order valence-electron chi connectivity index (χ2n) is 8.36. The molecule has 1 aromatic heterocycles. The Hall–Kier alpha value is -2.59. The second kappa shape index (κ2) is 8.83. The van der Waals surface area contributed by atoms with Crippen LogP contribution in [0.2, 0.25) is 0 Å². The smallest absolute Gasteiger partial charge is 0.265 e. The Morgan fingerprint density at radius 1 is 1.17 bits per heavy atom. The first-order chi connectivity index (χ1) is 13.7. The van der Waals surface area contributed by atoms with Gasteiger partial charge in [0.15, 0.2) is 0 Å². The van der Waals surface area contributed by atoms with E-state index in [1.807, 2.05) is 12.1 Å². The van der Waals surface area contributed by atoms with Gasteiger partial charge >= 0.3 is 0 Å². The SMILES string of the molecule is CC1=C(/C=C/C(C)=C/c2ccc(C(=O)Nc3ccc(O)cc3)s2)C(C)(C)CCC1. The molecule has 29 heavy (non-hydrogen) atoms. The van der Waals surface area contributed by atoms with Gasteiger partial charge in [-0.2, -0.15) is 0 Å². The van der Waals surface area contributed by atoms with Crippen molar-refractivity contribution in [1.29, 1.82) is 0 Å². The molecule has 2 N–H and O–H groups in total. The number of anilines is 1. The van der Waals surface area contributed by atoms with Crippen molar-refractivity contribution in [2.24, 2.45) is 5.41 Å². The van der Waals surface area contributed by atoms with E-state index < -0.39 is 0 Å². The van der Waals surface area contributed by atoms with Crippen molar-refractivity contribution < 1.29 is 9.90 Å². The zero-order valence-electron chi connectivity index (χ0n) is 17.6. The first-order valence-corrected chi connectivity index (χ1v) is 10.8. The number of aromatic hydroxyl groups is 1. The molecule has 0 unspecified atom stereocenters. The van der Waals surface area contributed by atoms with Crippen LogP contribution in [0, 0.1) is 5.41 Å². The Morgan fingerprint density at radius 2 is 1.90 bits per heavy atom. The number of hydrogen-bond acceptors (Lipinski definition) is 3. The molecule has 0 aliphatic heterocycles. The van der Waals surface area contributed by atoms with Gasteiger partial charge in [0.05, 0.1) is 4.88 Å². The number of allylic oxidation sites excluding steroid dienone is 5. The fourth-order valence-corrected chi connectivity index (χ4v) is 4.70. The van der Waals surface area contributed by atoms with Crippen molar-refractivity contribution in [2.45, 2.75) is 47.0 Å². The number of nitrogens with one attached hydrogen (secondary N) is 1. The quantitative estimate of drug-likeness (QED) is 0.407. The molecule has 0 radical (unpaired) electrons. The molecule has 3 nitrogen and oxygen atoms in total. The predicted molar refractivity (Wildman–Crippen MR) is 124 cm³/mol. The minimum Gasteiger partial charge on any atom is -0.508 e. The van der Waals surface area contributed by atoms with Crippen LogP contribution in [0.15, 0.2) is 65.3 Å². The number of rotatable bonds is 5. The van der Waals surface area contributed by atoms with Crippen LogP contribution in [-0.2, 0) is 0 Å². The highest BCUT2D eigenvalue weighted by Gasteiger charge is 2.26. The van der Waals surface area contributed by atoms with Gasteiger partial charge in [0.1, 0.15) is 5.75 Å². The summed E-state index contributed by atoms with van der Waals surface area (Å²) in [6.45, 7) is 9.00. The maximum atomic E-state index is 12.4. The average molecular weight is 408 g/mol. The molecular weight excluding hydrogens is 378 g/mol. The van der Waals surface area contributed by atoms with Crippen LogP contribution in [0.3, 0.4) is 0 Å². The van der Waals surface area contributed by atoms with E-state index in [1.165, 1.54) is 47.3 Å². The first kappa shape index (κ1) is 21.1. The molecule has 1 aliphatic rings. The van der Waals surface area contributed by atoms with Crippen LogP contribution in [0.25, 0.3) is 6.08 Å². The Bertz CT molecular complexity index is 975. The van der Waals surface area contributed by atoms with Gasteiger partial charge < -0.3 is 10.4 Å². The lowest BCUT2D eigenvalue weighted by atomic mass is 9.72. The van der Waals surface area contributed by atoms with Gasteiger partial charge in [0.25, 0.3) is 5.91 Å². The fraction of sp³-hybridized carbons (Fsp3) is 0.320. The lowest BCUT2D eigenvalue weighted by molar-refractivity contribution is 0.103. The van der Waals surface area contributed by atoms with Crippen LogP contribution in [0.1, 0.15) is 61.5 Å². The van der Waals surface area contributed by atoms with Gasteiger partial charge in [-0.25, -0.2) is 0 Å². The zero-order chi connectivity index (χ0) is 21.0. The normalized spacial score (nSPS) is 17.0. The van der Waals surface area contributed by atoms with E-state index in [1.54, 1.807) is 24.3 Å². The van der Waals surface area contributed by atoms with Crippen molar-refractivity contribution >= 4 is 29.0 Å².